The molecule has 0 fully saturated rings. The van der Waals surface area contributed by atoms with E-state index in [0.29, 0.717) is 11.5 Å². The quantitative estimate of drug-likeness (QED) is 0.422. The van der Waals surface area contributed by atoms with Crippen LogP contribution in [-0.2, 0) is 9.59 Å². The third-order valence-corrected chi connectivity index (χ3v) is 4.02. The number of hydrazine groups is 1. The number of nitro benzene ring substituents is 1. The Labute approximate surface area is 171 Å². The smallest absolute Gasteiger partial charge is 0.280 e. The number of nitrogens with one attached hydrogen (secondary N) is 2. The maximum atomic E-state index is 11.9. The first-order valence-electron chi connectivity index (χ1n) is 8.88. The second kappa shape index (κ2) is 8.95. The molecular formula is C20H19N3O7. The van der Waals surface area contributed by atoms with Gasteiger partial charge in [-0.2, -0.15) is 0 Å². The van der Waals surface area contributed by atoms with Gasteiger partial charge in [0.2, 0.25) is 6.79 Å². The van der Waals surface area contributed by atoms with Gasteiger partial charge in [0, 0.05) is 6.08 Å². The van der Waals surface area contributed by atoms with Crippen LogP contribution < -0.4 is 25.1 Å². The summed E-state index contributed by atoms with van der Waals surface area (Å²) in [7, 11) is 0. The van der Waals surface area contributed by atoms with Gasteiger partial charge in [0.1, 0.15) is 5.75 Å². The first kappa shape index (κ1) is 20.6. The molecule has 0 bridgehead atoms. The minimum Gasteiger partial charge on any atom is -0.484 e. The molecule has 1 aliphatic heterocycles. The fourth-order valence-corrected chi connectivity index (χ4v) is 2.78. The Morgan fingerprint density at radius 3 is 2.43 bits per heavy atom. The third kappa shape index (κ3) is 5.25. The van der Waals surface area contributed by atoms with Crippen LogP contribution in [-0.4, -0.2) is 30.1 Å². The molecule has 30 heavy (non-hydrogen) atoms. The van der Waals surface area contributed by atoms with Gasteiger partial charge in [0.25, 0.3) is 17.5 Å². The highest BCUT2D eigenvalue weighted by Gasteiger charge is 2.22. The van der Waals surface area contributed by atoms with E-state index in [9.17, 15) is 19.7 Å². The van der Waals surface area contributed by atoms with Crippen LogP contribution in [0.1, 0.15) is 16.7 Å². The number of rotatable bonds is 6. The van der Waals surface area contributed by atoms with Crippen molar-refractivity contribution in [2.75, 3.05) is 13.4 Å². The molecule has 0 radical (unpaired) electrons. The van der Waals surface area contributed by atoms with E-state index in [1.54, 1.807) is 12.1 Å². The fraction of sp³-hybridized carbons (Fsp3) is 0.200. The highest BCUT2D eigenvalue weighted by atomic mass is 16.7. The van der Waals surface area contributed by atoms with E-state index in [0.717, 1.165) is 17.2 Å². The van der Waals surface area contributed by atoms with Gasteiger partial charge in [-0.15, -0.1) is 0 Å². The Kier molecular flexibility index (Phi) is 6.16. The minimum atomic E-state index is -0.679. The van der Waals surface area contributed by atoms with Crippen molar-refractivity contribution in [3.8, 4) is 17.2 Å². The second-order valence-corrected chi connectivity index (χ2v) is 6.50. The summed E-state index contributed by atoms with van der Waals surface area (Å²) in [4.78, 5) is 34.4. The zero-order valence-electron chi connectivity index (χ0n) is 16.3. The van der Waals surface area contributed by atoms with Crippen LogP contribution in [0.25, 0.3) is 6.08 Å². The van der Waals surface area contributed by atoms with E-state index >= 15 is 0 Å². The highest BCUT2D eigenvalue weighted by molar-refractivity contribution is 5.94. The summed E-state index contributed by atoms with van der Waals surface area (Å²) in [6.45, 7) is 3.50. The number of carbonyl (C=O) groups excluding carboxylic acids is 2. The summed E-state index contributed by atoms with van der Waals surface area (Å²) < 4.78 is 15.7. The van der Waals surface area contributed by atoms with Crippen molar-refractivity contribution in [2.45, 2.75) is 13.8 Å². The molecule has 0 aliphatic carbocycles. The van der Waals surface area contributed by atoms with Crippen molar-refractivity contribution in [3.05, 3.63) is 63.2 Å². The number of nitro groups is 1. The van der Waals surface area contributed by atoms with Gasteiger partial charge >= 0.3 is 0 Å². The average molecular weight is 413 g/mol. The van der Waals surface area contributed by atoms with E-state index in [1.807, 2.05) is 19.9 Å². The zero-order valence-corrected chi connectivity index (χ0v) is 16.3. The van der Waals surface area contributed by atoms with Crippen molar-refractivity contribution in [3.63, 3.8) is 0 Å². The van der Waals surface area contributed by atoms with E-state index in [-0.39, 0.29) is 30.4 Å². The summed E-state index contributed by atoms with van der Waals surface area (Å²) in [6, 6.07) is 8.19. The van der Waals surface area contributed by atoms with Crippen LogP contribution in [0.3, 0.4) is 0 Å². The van der Waals surface area contributed by atoms with Gasteiger partial charge < -0.3 is 14.2 Å². The molecule has 156 valence electrons. The van der Waals surface area contributed by atoms with Gasteiger partial charge in [0.05, 0.1) is 16.6 Å². The fourth-order valence-electron chi connectivity index (χ4n) is 2.78. The van der Waals surface area contributed by atoms with Gasteiger partial charge in [0.15, 0.2) is 18.1 Å². The zero-order chi connectivity index (χ0) is 21.7. The van der Waals surface area contributed by atoms with Crippen LogP contribution in [0.2, 0.25) is 0 Å². The number of hydrogen-bond donors (Lipinski definition) is 2. The maximum absolute atomic E-state index is 11.9. The van der Waals surface area contributed by atoms with E-state index in [4.69, 9.17) is 14.2 Å². The molecule has 0 atom stereocenters. The van der Waals surface area contributed by atoms with E-state index in [1.165, 1.54) is 18.2 Å². The van der Waals surface area contributed by atoms with Crippen molar-refractivity contribution >= 4 is 23.6 Å². The van der Waals surface area contributed by atoms with Crippen LogP contribution in [0.5, 0.6) is 17.2 Å². The Morgan fingerprint density at radius 1 is 1.10 bits per heavy atom. The van der Waals surface area contributed by atoms with Gasteiger partial charge in [-0.25, -0.2) is 0 Å². The molecule has 10 nitrogen and oxygen atoms in total. The number of ether oxygens (including phenoxy) is 3. The number of carbonyl (C=O) groups is 2. The predicted molar refractivity (Wildman–Crippen MR) is 106 cm³/mol. The molecule has 2 N–H and O–H groups in total. The summed E-state index contributed by atoms with van der Waals surface area (Å²) in [5.74, 6) is -0.0902. The summed E-state index contributed by atoms with van der Waals surface area (Å²) in [6.07, 6.45) is 2.29. The Hall–Kier alpha value is -4.08. The Morgan fingerprint density at radius 2 is 1.77 bits per heavy atom. The first-order chi connectivity index (χ1) is 14.3. The lowest BCUT2D eigenvalue weighted by Crippen LogP contribution is -2.43. The molecule has 0 aromatic heterocycles. The van der Waals surface area contributed by atoms with Crippen LogP contribution in [0.15, 0.2) is 36.4 Å². The number of aryl methyl sites for hydroxylation is 2. The topological polar surface area (TPSA) is 129 Å². The second-order valence-electron chi connectivity index (χ2n) is 6.50. The van der Waals surface area contributed by atoms with Crippen LogP contribution in [0, 0.1) is 24.0 Å². The minimum absolute atomic E-state index is 0.0314. The van der Waals surface area contributed by atoms with Gasteiger partial charge in [-0.3, -0.25) is 30.6 Å². The largest absolute Gasteiger partial charge is 0.484 e. The number of hydrogen-bond acceptors (Lipinski definition) is 7. The molecule has 2 amide bonds. The lowest BCUT2D eigenvalue weighted by atomic mass is 10.1. The number of nitrogens with zero attached hydrogens (tertiary/aromatic N) is 1. The molecule has 0 saturated carbocycles. The SMILES string of the molecule is Cc1cc(C)cc(OCC(=O)NNC(=O)/C=C/c2cc3c(cc2[N+](=O)[O-])OCO3)c1. The molecule has 0 unspecified atom stereocenters. The summed E-state index contributed by atoms with van der Waals surface area (Å²) >= 11 is 0. The van der Waals surface area contributed by atoms with E-state index in [2.05, 4.69) is 10.9 Å². The lowest BCUT2D eigenvalue weighted by molar-refractivity contribution is -0.385. The van der Waals surface area contributed by atoms with Crippen molar-refractivity contribution < 1.29 is 28.7 Å². The van der Waals surface area contributed by atoms with Crippen LogP contribution >= 0.6 is 0 Å². The van der Waals surface area contributed by atoms with Crippen molar-refractivity contribution in [2.24, 2.45) is 0 Å². The Bertz CT molecular complexity index is 1010. The molecule has 3 rings (SSSR count). The first-order valence-corrected chi connectivity index (χ1v) is 8.88. The molecule has 1 aliphatic rings. The molecule has 10 heteroatoms. The Balaban J connectivity index is 1.53. The molecule has 0 spiro atoms. The van der Waals surface area contributed by atoms with E-state index < -0.39 is 16.7 Å². The molecule has 2 aromatic rings. The van der Waals surface area contributed by atoms with Crippen molar-refractivity contribution in [1.29, 1.82) is 0 Å². The van der Waals surface area contributed by atoms with Gasteiger partial charge in [-0.05, 0) is 49.2 Å². The van der Waals surface area contributed by atoms with Crippen LogP contribution in [0.4, 0.5) is 5.69 Å². The lowest BCUT2D eigenvalue weighted by Gasteiger charge is -2.09. The summed E-state index contributed by atoms with van der Waals surface area (Å²) in [5.41, 5.74) is 6.30. The number of amides is 2. The maximum Gasteiger partial charge on any atom is 0.280 e. The summed E-state index contributed by atoms with van der Waals surface area (Å²) in [5, 5.41) is 11.2. The average Bonchev–Trinajstić information content (AvgIpc) is 3.15. The molecule has 1 heterocycles. The molecule has 0 saturated heterocycles. The number of fused-ring (bicyclic) bond motifs is 1. The highest BCUT2D eigenvalue weighted by Crippen LogP contribution is 2.38. The molecule has 2 aromatic carbocycles. The molecular weight excluding hydrogens is 394 g/mol. The third-order valence-electron chi connectivity index (χ3n) is 4.02. The van der Waals surface area contributed by atoms with Gasteiger partial charge in [-0.1, -0.05) is 6.07 Å². The standard InChI is InChI=1S/C20H19N3O7/c1-12-5-13(2)7-15(6-12)28-10-20(25)22-21-19(24)4-3-14-8-17-18(30-11-29-17)9-16(14)23(26)27/h3-9H,10-11H2,1-2H3,(H,21,24)(H,22,25)/b4-3+. The normalized spacial score (nSPS) is 11.9. The number of benzene rings is 2. The predicted octanol–water partition coefficient (Wildman–Crippen LogP) is 2.18. The monoisotopic (exact) mass is 413 g/mol. The van der Waals surface area contributed by atoms with Crippen molar-refractivity contribution in [1.82, 2.24) is 10.9 Å².